The summed E-state index contributed by atoms with van der Waals surface area (Å²) in [7, 11) is 0. The van der Waals surface area contributed by atoms with Gasteiger partial charge in [0, 0.05) is 37.9 Å². The summed E-state index contributed by atoms with van der Waals surface area (Å²) in [5.74, 6) is -0.0700. The summed E-state index contributed by atoms with van der Waals surface area (Å²) in [5.41, 5.74) is 4.23. The number of anilines is 2. The van der Waals surface area contributed by atoms with Gasteiger partial charge in [0.15, 0.2) is 0 Å². The highest BCUT2D eigenvalue weighted by molar-refractivity contribution is 5.92. The minimum absolute atomic E-state index is 0.0101. The first-order valence-corrected chi connectivity index (χ1v) is 10.0. The lowest BCUT2D eigenvalue weighted by atomic mass is 9.90. The van der Waals surface area contributed by atoms with E-state index in [1.165, 1.54) is 5.56 Å². The van der Waals surface area contributed by atoms with E-state index in [-0.39, 0.29) is 24.3 Å². The van der Waals surface area contributed by atoms with Crippen LogP contribution in [0.1, 0.15) is 44.4 Å². The molecular weight excluding hydrogens is 350 g/mol. The van der Waals surface area contributed by atoms with Crippen LogP contribution in [0.15, 0.2) is 48.5 Å². The molecule has 0 saturated carbocycles. The fourth-order valence-corrected chi connectivity index (χ4v) is 3.98. The van der Waals surface area contributed by atoms with Gasteiger partial charge in [-0.1, -0.05) is 24.3 Å². The first kappa shape index (κ1) is 19.9. The van der Waals surface area contributed by atoms with E-state index in [9.17, 15) is 9.59 Å². The van der Waals surface area contributed by atoms with E-state index < -0.39 is 0 Å². The van der Waals surface area contributed by atoms with Crippen molar-refractivity contribution in [2.75, 3.05) is 29.9 Å². The topological polar surface area (TPSA) is 52.7 Å². The van der Waals surface area contributed by atoms with Crippen molar-refractivity contribution in [3.63, 3.8) is 0 Å². The second-order valence-electron chi connectivity index (χ2n) is 7.15. The summed E-state index contributed by atoms with van der Waals surface area (Å²) in [6.45, 7) is 8.38. The van der Waals surface area contributed by atoms with E-state index in [2.05, 4.69) is 30.1 Å². The Morgan fingerprint density at radius 1 is 1.07 bits per heavy atom. The van der Waals surface area contributed by atoms with Crippen LogP contribution >= 0.6 is 0 Å². The van der Waals surface area contributed by atoms with E-state index in [0.717, 1.165) is 36.4 Å². The molecule has 1 unspecified atom stereocenters. The molecule has 3 rings (SSSR count). The Morgan fingerprint density at radius 2 is 1.75 bits per heavy atom. The van der Waals surface area contributed by atoms with Crippen molar-refractivity contribution in [3.8, 4) is 0 Å². The van der Waals surface area contributed by atoms with Crippen LogP contribution in [-0.2, 0) is 16.0 Å². The van der Waals surface area contributed by atoms with E-state index in [0.29, 0.717) is 6.54 Å². The normalized spacial score (nSPS) is 15.7. The molecule has 1 N–H and O–H groups in total. The van der Waals surface area contributed by atoms with Crippen LogP contribution in [0.4, 0.5) is 11.4 Å². The number of carbonyl (C=O) groups is 2. The van der Waals surface area contributed by atoms with Crippen molar-refractivity contribution in [2.45, 2.75) is 39.7 Å². The van der Waals surface area contributed by atoms with Crippen LogP contribution in [0.3, 0.4) is 0 Å². The van der Waals surface area contributed by atoms with Gasteiger partial charge in [-0.3, -0.25) is 9.59 Å². The molecule has 148 valence electrons. The van der Waals surface area contributed by atoms with Crippen LogP contribution in [0.5, 0.6) is 0 Å². The fraction of sp³-hybridized carbons (Fsp3) is 0.391. The SMILES string of the molecule is CCN(CC)c1ccc(NC(=O)CC2c3ccccc3CCN2C(C)=O)cc1. The van der Waals surface area contributed by atoms with Gasteiger partial charge in [-0.15, -0.1) is 0 Å². The number of nitrogens with one attached hydrogen (secondary N) is 1. The minimum Gasteiger partial charge on any atom is -0.372 e. The van der Waals surface area contributed by atoms with Gasteiger partial charge in [-0.25, -0.2) is 0 Å². The molecule has 0 fully saturated rings. The molecular formula is C23H29N3O2. The molecule has 1 aliphatic heterocycles. The van der Waals surface area contributed by atoms with Gasteiger partial charge in [0.25, 0.3) is 0 Å². The number of fused-ring (bicyclic) bond motifs is 1. The molecule has 0 aromatic heterocycles. The quantitative estimate of drug-likeness (QED) is 0.825. The molecule has 1 heterocycles. The predicted molar refractivity (Wildman–Crippen MR) is 114 cm³/mol. The molecule has 0 saturated heterocycles. The molecule has 5 heteroatoms. The lowest BCUT2D eigenvalue weighted by Crippen LogP contribution is -2.40. The van der Waals surface area contributed by atoms with Crippen LogP contribution in [0, 0.1) is 0 Å². The maximum atomic E-state index is 12.7. The molecule has 1 atom stereocenters. The molecule has 1 aliphatic rings. The van der Waals surface area contributed by atoms with E-state index in [1.807, 2.05) is 47.4 Å². The first-order valence-electron chi connectivity index (χ1n) is 10.0. The Kier molecular flexibility index (Phi) is 6.34. The zero-order chi connectivity index (χ0) is 20.1. The number of hydrogen-bond donors (Lipinski definition) is 1. The van der Waals surface area contributed by atoms with Crippen molar-refractivity contribution < 1.29 is 9.59 Å². The van der Waals surface area contributed by atoms with E-state index in [1.54, 1.807) is 6.92 Å². The van der Waals surface area contributed by atoms with E-state index >= 15 is 0 Å². The Hall–Kier alpha value is -2.82. The molecule has 2 amide bonds. The van der Waals surface area contributed by atoms with Crippen molar-refractivity contribution in [3.05, 3.63) is 59.7 Å². The largest absolute Gasteiger partial charge is 0.372 e. The zero-order valence-corrected chi connectivity index (χ0v) is 16.9. The second-order valence-corrected chi connectivity index (χ2v) is 7.15. The highest BCUT2D eigenvalue weighted by Crippen LogP contribution is 2.32. The predicted octanol–water partition coefficient (Wildman–Crippen LogP) is 4.01. The third-order valence-corrected chi connectivity index (χ3v) is 5.48. The highest BCUT2D eigenvalue weighted by atomic mass is 16.2. The van der Waals surface area contributed by atoms with Crippen LogP contribution in [0.2, 0.25) is 0 Å². The van der Waals surface area contributed by atoms with Gasteiger partial charge in [0.2, 0.25) is 11.8 Å². The third-order valence-electron chi connectivity index (χ3n) is 5.48. The van der Waals surface area contributed by atoms with Crippen LogP contribution < -0.4 is 10.2 Å². The van der Waals surface area contributed by atoms with E-state index in [4.69, 9.17) is 0 Å². The molecule has 28 heavy (non-hydrogen) atoms. The summed E-state index contributed by atoms with van der Waals surface area (Å²) in [6.07, 6.45) is 1.09. The monoisotopic (exact) mass is 379 g/mol. The number of amides is 2. The number of nitrogens with zero attached hydrogens (tertiary/aromatic N) is 2. The maximum Gasteiger partial charge on any atom is 0.226 e. The molecule has 0 radical (unpaired) electrons. The lowest BCUT2D eigenvalue weighted by molar-refractivity contribution is -0.132. The van der Waals surface area contributed by atoms with Crippen molar-refractivity contribution in [1.82, 2.24) is 4.90 Å². The standard InChI is InChI=1S/C23H29N3O2/c1-4-25(5-2)20-12-10-19(11-13-20)24-23(28)16-22-21-9-7-6-8-18(21)14-15-26(22)17(3)27/h6-13,22H,4-5,14-16H2,1-3H3,(H,24,28). The van der Waals surface area contributed by atoms with Crippen molar-refractivity contribution in [2.24, 2.45) is 0 Å². The Labute approximate surface area is 167 Å². The van der Waals surface area contributed by atoms with Crippen molar-refractivity contribution in [1.29, 1.82) is 0 Å². The summed E-state index contributed by atoms with van der Waals surface area (Å²) >= 11 is 0. The lowest BCUT2D eigenvalue weighted by Gasteiger charge is -2.36. The highest BCUT2D eigenvalue weighted by Gasteiger charge is 2.30. The van der Waals surface area contributed by atoms with Crippen LogP contribution in [-0.4, -0.2) is 36.3 Å². The fourth-order valence-electron chi connectivity index (χ4n) is 3.98. The maximum absolute atomic E-state index is 12.7. The van der Waals surface area contributed by atoms with Gasteiger partial charge < -0.3 is 15.1 Å². The summed E-state index contributed by atoms with van der Waals surface area (Å²) in [4.78, 5) is 28.9. The third kappa shape index (κ3) is 4.35. The molecule has 0 spiro atoms. The molecule has 2 aromatic rings. The Morgan fingerprint density at radius 3 is 2.39 bits per heavy atom. The average molecular weight is 380 g/mol. The number of rotatable bonds is 6. The first-order chi connectivity index (χ1) is 13.5. The second kappa shape index (κ2) is 8.91. The number of carbonyl (C=O) groups excluding carboxylic acids is 2. The van der Waals surface area contributed by atoms with Crippen LogP contribution in [0.25, 0.3) is 0 Å². The number of benzene rings is 2. The zero-order valence-electron chi connectivity index (χ0n) is 16.9. The van der Waals surface area contributed by atoms with Gasteiger partial charge in [0.1, 0.15) is 0 Å². The smallest absolute Gasteiger partial charge is 0.226 e. The Bertz CT molecular complexity index is 828. The van der Waals surface area contributed by atoms with Gasteiger partial charge >= 0.3 is 0 Å². The molecule has 0 bridgehead atoms. The molecule has 0 aliphatic carbocycles. The molecule has 2 aromatic carbocycles. The molecule has 5 nitrogen and oxygen atoms in total. The van der Waals surface area contributed by atoms with Crippen molar-refractivity contribution >= 4 is 23.2 Å². The van der Waals surface area contributed by atoms with Gasteiger partial charge in [-0.05, 0) is 55.7 Å². The summed E-state index contributed by atoms with van der Waals surface area (Å²) < 4.78 is 0. The number of hydrogen-bond acceptors (Lipinski definition) is 3. The Balaban J connectivity index is 1.72. The van der Waals surface area contributed by atoms with Gasteiger partial charge in [-0.2, -0.15) is 0 Å². The summed E-state index contributed by atoms with van der Waals surface area (Å²) in [6, 6.07) is 15.8. The summed E-state index contributed by atoms with van der Waals surface area (Å²) in [5, 5.41) is 2.99. The minimum atomic E-state index is -0.211. The van der Waals surface area contributed by atoms with Gasteiger partial charge in [0.05, 0.1) is 12.5 Å². The average Bonchev–Trinajstić information content (AvgIpc) is 2.70.